The number of rotatable bonds is 9. The van der Waals surface area contributed by atoms with Gasteiger partial charge in [0.25, 0.3) is 0 Å². The van der Waals surface area contributed by atoms with Crippen LogP contribution in [0.25, 0.3) is 0 Å². The minimum atomic E-state index is 0.707. The molecule has 0 aromatic heterocycles. The highest BCUT2D eigenvalue weighted by Gasteiger charge is 2.09. The molecule has 1 rings (SSSR count). The molecule has 1 nitrogen and oxygen atoms in total. The maximum atomic E-state index is 5.63. The lowest BCUT2D eigenvalue weighted by atomic mass is 9.89. The molecule has 1 heteroatoms. The number of hydrogen-bond donors (Lipinski definition) is 1. The molecule has 0 aliphatic rings. The molecule has 0 spiro atoms. The van der Waals surface area contributed by atoms with Crippen molar-refractivity contribution in [3.8, 4) is 0 Å². The normalized spacial score (nSPS) is 12.6. The van der Waals surface area contributed by atoms with E-state index in [0.29, 0.717) is 5.92 Å². The van der Waals surface area contributed by atoms with Crippen molar-refractivity contribution in [2.75, 3.05) is 6.54 Å². The molecule has 1 unspecified atom stereocenters. The number of aryl methyl sites for hydroxylation is 1. The Balaban J connectivity index is 2.61. The Hall–Kier alpha value is -0.820. The lowest BCUT2D eigenvalue weighted by Crippen LogP contribution is -2.04. The van der Waals surface area contributed by atoms with Gasteiger partial charge in [0.2, 0.25) is 0 Å². The maximum Gasteiger partial charge on any atom is -0.00771 e. The number of hydrogen-bond acceptors (Lipinski definition) is 1. The highest BCUT2D eigenvalue weighted by Crippen LogP contribution is 2.26. The standard InChI is InChI=1S/C17H29N/c1-3-5-8-15-10-12-17(13-11-15)16(7-4-2)9-6-14-18/h10-13,16H,3-9,14,18H2,1-2H3. The monoisotopic (exact) mass is 247 g/mol. The largest absolute Gasteiger partial charge is 0.330 e. The first-order valence-corrected chi connectivity index (χ1v) is 7.60. The van der Waals surface area contributed by atoms with Gasteiger partial charge in [-0.2, -0.15) is 0 Å². The van der Waals surface area contributed by atoms with Gasteiger partial charge < -0.3 is 5.73 Å². The third-order valence-corrected chi connectivity index (χ3v) is 3.66. The minimum Gasteiger partial charge on any atom is -0.330 e. The van der Waals surface area contributed by atoms with Crippen LogP contribution in [0.1, 0.15) is 69.4 Å². The fourth-order valence-electron chi connectivity index (χ4n) is 2.53. The molecule has 0 fully saturated rings. The molecule has 0 aliphatic carbocycles. The molecule has 0 bridgehead atoms. The van der Waals surface area contributed by atoms with E-state index in [1.54, 1.807) is 0 Å². The van der Waals surface area contributed by atoms with E-state index >= 15 is 0 Å². The summed E-state index contributed by atoms with van der Waals surface area (Å²) in [6.45, 7) is 5.33. The molecule has 1 atom stereocenters. The first-order chi connectivity index (χ1) is 8.81. The molecule has 0 radical (unpaired) electrons. The Kier molecular flexibility index (Phi) is 7.75. The Morgan fingerprint density at radius 3 is 2.22 bits per heavy atom. The summed E-state index contributed by atoms with van der Waals surface area (Å²) in [6.07, 6.45) is 8.71. The van der Waals surface area contributed by atoms with E-state index in [1.165, 1.54) is 49.7 Å². The first kappa shape index (κ1) is 15.2. The van der Waals surface area contributed by atoms with E-state index in [9.17, 15) is 0 Å². The van der Waals surface area contributed by atoms with Gasteiger partial charge in [-0.15, -0.1) is 0 Å². The van der Waals surface area contributed by atoms with Crippen LogP contribution < -0.4 is 5.73 Å². The molecule has 0 heterocycles. The third-order valence-electron chi connectivity index (χ3n) is 3.66. The molecular formula is C17H29N. The van der Waals surface area contributed by atoms with E-state index < -0.39 is 0 Å². The van der Waals surface area contributed by atoms with E-state index in [1.807, 2.05) is 0 Å². The van der Waals surface area contributed by atoms with Crippen molar-refractivity contribution >= 4 is 0 Å². The molecule has 102 valence electrons. The topological polar surface area (TPSA) is 26.0 Å². The van der Waals surface area contributed by atoms with Crippen LogP contribution in [0.4, 0.5) is 0 Å². The van der Waals surface area contributed by atoms with Crippen LogP contribution in [0.15, 0.2) is 24.3 Å². The quantitative estimate of drug-likeness (QED) is 0.675. The van der Waals surface area contributed by atoms with Gasteiger partial charge in [-0.05, 0) is 55.7 Å². The van der Waals surface area contributed by atoms with Crippen LogP contribution in [-0.4, -0.2) is 6.54 Å². The molecule has 0 saturated heterocycles. The second kappa shape index (κ2) is 9.16. The van der Waals surface area contributed by atoms with Crippen LogP contribution in [0.2, 0.25) is 0 Å². The predicted octanol–water partition coefficient (Wildman–Crippen LogP) is 4.65. The lowest BCUT2D eigenvalue weighted by molar-refractivity contribution is 0.550. The number of unbranched alkanes of at least 4 members (excludes halogenated alkanes) is 1. The molecule has 0 aliphatic heterocycles. The van der Waals surface area contributed by atoms with Gasteiger partial charge in [-0.1, -0.05) is 51.0 Å². The maximum absolute atomic E-state index is 5.63. The summed E-state index contributed by atoms with van der Waals surface area (Å²) >= 11 is 0. The van der Waals surface area contributed by atoms with Gasteiger partial charge in [0.1, 0.15) is 0 Å². The van der Waals surface area contributed by atoms with Crippen molar-refractivity contribution in [1.29, 1.82) is 0 Å². The van der Waals surface area contributed by atoms with Gasteiger partial charge in [-0.3, -0.25) is 0 Å². The van der Waals surface area contributed by atoms with Crippen LogP contribution in [0.3, 0.4) is 0 Å². The fourth-order valence-corrected chi connectivity index (χ4v) is 2.53. The molecule has 2 N–H and O–H groups in total. The van der Waals surface area contributed by atoms with Crippen molar-refractivity contribution in [2.45, 2.75) is 64.7 Å². The zero-order valence-electron chi connectivity index (χ0n) is 12.1. The van der Waals surface area contributed by atoms with Gasteiger partial charge in [-0.25, -0.2) is 0 Å². The van der Waals surface area contributed by atoms with Crippen LogP contribution >= 0.6 is 0 Å². The van der Waals surface area contributed by atoms with Gasteiger partial charge >= 0.3 is 0 Å². The highest BCUT2D eigenvalue weighted by molar-refractivity contribution is 5.25. The van der Waals surface area contributed by atoms with Crippen LogP contribution in [0.5, 0.6) is 0 Å². The van der Waals surface area contributed by atoms with E-state index in [-0.39, 0.29) is 0 Å². The molecular weight excluding hydrogens is 218 g/mol. The second-order valence-electron chi connectivity index (χ2n) is 5.26. The van der Waals surface area contributed by atoms with Crippen molar-refractivity contribution < 1.29 is 0 Å². The summed E-state index contributed by atoms with van der Waals surface area (Å²) < 4.78 is 0. The first-order valence-electron chi connectivity index (χ1n) is 7.60. The summed E-state index contributed by atoms with van der Waals surface area (Å²) in [7, 11) is 0. The smallest absolute Gasteiger partial charge is 0.00771 e. The summed E-state index contributed by atoms with van der Waals surface area (Å²) in [5.41, 5.74) is 8.62. The van der Waals surface area contributed by atoms with Crippen LogP contribution in [0, 0.1) is 0 Å². The van der Waals surface area contributed by atoms with E-state index in [4.69, 9.17) is 5.73 Å². The molecule has 1 aromatic carbocycles. The summed E-state index contributed by atoms with van der Waals surface area (Å²) in [5, 5.41) is 0. The molecule has 1 aromatic rings. The predicted molar refractivity (Wildman–Crippen MR) is 81.0 cm³/mol. The number of benzene rings is 1. The van der Waals surface area contributed by atoms with Crippen molar-refractivity contribution in [3.63, 3.8) is 0 Å². The average Bonchev–Trinajstić information content (AvgIpc) is 2.42. The highest BCUT2D eigenvalue weighted by atomic mass is 14.5. The summed E-state index contributed by atoms with van der Waals surface area (Å²) in [4.78, 5) is 0. The Labute approximate surface area is 113 Å². The molecule has 18 heavy (non-hydrogen) atoms. The van der Waals surface area contributed by atoms with Gasteiger partial charge in [0.15, 0.2) is 0 Å². The Morgan fingerprint density at radius 1 is 0.944 bits per heavy atom. The van der Waals surface area contributed by atoms with Gasteiger partial charge in [0.05, 0.1) is 0 Å². The Bertz CT molecular complexity index is 302. The summed E-state index contributed by atoms with van der Waals surface area (Å²) in [5.74, 6) is 0.707. The zero-order valence-corrected chi connectivity index (χ0v) is 12.1. The summed E-state index contributed by atoms with van der Waals surface area (Å²) in [6, 6.07) is 9.30. The molecule has 0 amide bonds. The van der Waals surface area contributed by atoms with E-state index in [0.717, 1.165) is 13.0 Å². The SMILES string of the molecule is CCCCc1ccc(C(CCC)CCCN)cc1. The van der Waals surface area contributed by atoms with Crippen molar-refractivity contribution in [1.82, 2.24) is 0 Å². The third kappa shape index (κ3) is 5.22. The van der Waals surface area contributed by atoms with E-state index in [2.05, 4.69) is 38.1 Å². The van der Waals surface area contributed by atoms with Crippen molar-refractivity contribution in [3.05, 3.63) is 35.4 Å². The van der Waals surface area contributed by atoms with Crippen molar-refractivity contribution in [2.24, 2.45) is 5.73 Å². The zero-order chi connectivity index (χ0) is 13.2. The molecule has 0 saturated carbocycles. The minimum absolute atomic E-state index is 0.707. The van der Waals surface area contributed by atoms with Gasteiger partial charge in [0, 0.05) is 0 Å². The number of nitrogens with two attached hydrogens (primary N) is 1. The fraction of sp³-hybridized carbons (Fsp3) is 0.647. The average molecular weight is 247 g/mol. The van der Waals surface area contributed by atoms with Crippen LogP contribution in [-0.2, 0) is 6.42 Å². The Morgan fingerprint density at radius 2 is 1.67 bits per heavy atom. The second-order valence-corrected chi connectivity index (χ2v) is 5.26. The lowest BCUT2D eigenvalue weighted by Gasteiger charge is -2.16.